The number of hydrogen-bond acceptors (Lipinski definition) is 2. The van der Waals surface area contributed by atoms with Crippen LogP contribution >= 0.6 is 0 Å². The Bertz CT molecular complexity index is 469. The highest BCUT2D eigenvalue weighted by Gasteiger charge is 2.10. The number of rotatable bonds is 2. The molecule has 0 aromatic carbocycles. The van der Waals surface area contributed by atoms with Crippen LogP contribution in [0, 0.1) is 0 Å². The molecule has 0 spiro atoms. The van der Waals surface area contributed by atoms with Gasteiger partial charge in [-0.3, -0.25) is 9.67 Å². The van der Waals surface area contributed by atoms with E-state index in [1.165, 1.54) is 5.56 Å². The molecule has 0 amide bonds. The van der Waals surface area contributed by atoms with Crippen LogP contribution in [0.4, 0.5) is 0 Å². The Hall–Kier alpha value is -1.38. The molecule has 0 bridgehead atoms. The zero-order valence-electron chi connectivity index (χ0n) is 9.73. The average Bonchev–Trinajstić information content (AvgIpc) is 2.60. The van der Waals surface area contributed by atoms with Gasteiger partial charge < -0.3 is 0 Å². The van der Waals surface area contributed by atoms with Gasteiger partial charge in [0.1, 0.15) is 11.0 Å². The molecule has 3 nitrogen and oxygen atoms in total. The van der Waals surface area contributed by atoms with E-state index in [1.54, 1.807) is 0 Å². The molecule has 0 unspecified atom stereocenters. The number of hydrogen-bond donors (Lipinski definition) is 0. The third-order valence-electron chi connectivity index (χ3n) is 2.60. The van der Waals surface area contributed by atoms with Crippen LogP contribution in [-0.2, 0) is 0 Å². The molecule has 0 atom stereocenters. The zero-order chi connectivity index (χ0) is 11.0. The van der Waals surface area contributed by atoms with Crippen molar-refractivity contribution in [3.63, 3.8) is 0 Å². The smallest absolute Gasteiger partial charge is 0.114 e. The molecule has 0 fully saturated rings. The van der Waals surface area contributed by atoms with Crippen LogP contribution in [0.3, 0.4) is 0 Å². The Morgan fingerprint density at radius 1 is 1.20 bits per heavy atom. The van der Waals surface area contributed by atoms with Crippen LogP contribution in [-0.4, -0.2) is 14.8 Å². The molecule has 0 aliphatic rings. The Morgan fingerprint density at radius 3 is 2.53 bits per heavy atom. The number of pyridine rings is 1. The van der Waals surface area contributed by atoms with E-state index in [1.807, 2.05) is 17.1 Å². The summed E-state index contributed by atoms with van der Waals surface area (Å²) in [6.07, 6.45) is 3.88. The van der Waals surface area contributed by atoms with Gasteiger partial charge in [0.2, 0.25) is 0 Å². The Morgan fingerprint density at radius 2 is 1.93 bits per heavy atom. The Kier molecular flexibility index (Phi) is 2.47. The van der Waals surface area contributed by atoms with Crippen molar-refractivity contribution >= 4 is 11.0 Å². The van der Waals surface area contributed by atoms with Gasteiger partial charge in [-0.1, -0.05) is 13.8 Å². The van der Waals surface area contributed by atoms with Gasteiger partial charge in [-0.2, -0.15) is 5.10 Å². The predicted octanol–water partition coefficient (Wildman–Crippen LogP) is 3.14. The third kappa shape index (κ3) is 1.74. The van der Waals surface area contributed by atoms with Crippen LogP contribution in [0.5, 0.6) is 0 Å². The van der Waals surface area contributed by atoms with Crippen molar-refractivity contribution in [3.05, 3.63) is 24.0 Å². The lowest BCUT2D eigenvalue weighted by atomic mass is 10.0. The monoisotopic (exact) mass is 203 g/mol. The normalized spacial score (nSPS) is 11.9. The molecule has 2 rings (SSSR count). The fraction of sp³-hybridized carbons (Fsp3) is 0.500. The summed E-state index contributed by atoms with van der Waals surface area (Å²) in [6.45, 7) is 8.62. The van der Waals surface area contributed by atoms with E-state index in [0.29, 0.717) is 12.0 Å². The molecule has 0 saturated heterocycles. The molecule has 2 aromatic rings. The molecule has 0 N–H and O–H groups in total. The van der Waals surface area contributed by atoms with Gasteiger partial charge >= 0.3 is 0 Å². The Balaban J connectivity index is 2.64. The molecule has 2 heterocycles. The van der Waals surface area contributed by atoms with Crippen molar-refractivity contribution in [2.45, 2.75) is 39.7 Å². The summed E-state index contributed by atoms with van der Waals surface area (Å²) in [5.41, 5.74) is 3.32. The molecule has 0 saturated carbocycles. The van der Waals surface area contributed by atoms with Crippen molar-refractivity contribution in [1.82, 2.24) is 14.8 Å². The maximum atomic E-state index is 4.59. The van der Waals surface area contributed by atoms with Crippen molar-refractivity contribution in [3.8, 4) is 0 Å². The summed E-state index contributed by atoms with van der Waals surface area (Å²) in [5.74, 6) is 0.492. The van der Waals surface area contributed by atoms with Crippen LogP contribution in [0.15, 0.2) is 18.5 Å². The minimum atomic E-state index is 0.388. The van der Waals surface area contributed by atoms with Crippen molar-refractivity contribution in [1.29, 1.82) is 0 Å². The van der Waals surface area contributed by atoms with E-state index in [0.717, 1.165) is 11.0 Å². The molecule has 0 aliphatic heterocycles. The summed E-state index contributed by atoms with van der Waals surface area (Å²) in [6, 6.07) is 2.45. The predicted molar refractivity (Wildman–Crippen MR) is 62.0 cm³/mol. The first-order valence-corrected chi connectivity index (χ1v) is 5.43. The second kappa shape index (κ2) is 3.65. The van der Waals surface area contributed by atoms with Gasteiger partial charge in [0.25, 0.3) is 0 Å². The van der Waals surface area contributed by atoms with E-state index >= 15 is 0 Å². The molecule has 0 aliphatic carbocycles. The second-order valence-corrected chi connectivity index (χ2v) is 4.49. The summed E-state index contributed by atoms with van der Waals surface area (Å²) in [4.78, 5) is 4.34. The fourth-order valence-corrected chi connectivity index (χ4v) is 1.69. The summed E-state index contributed by atoms with van der Waals surface area (Å²) in [5, 5.41) is 4.59. The lowest BCUT2D eigenvalue weighted by Gasteiger charge is -2.05. The first-order valence-electron chi connectivity index (χ1n) is 5.43. The van der Waals surface area contributed by atoms with Crippen LogP contribution in [0.2, 0.25) is 0 Å². The van der Waals surface area contributed by atoms with E-state index < -0.39 is 0 Å². The van der Waals surface area contributed by atoms with E-state index in [4.69, 9.17) is 0 Å². The summed E-state index contributed by atoms with van der Waals surface area (Å²) < 4.78 is 1.98. The number of fused-ring (bicyclic) bond motifs is 1. The molecular formula is C12H17N3. The number of aromatic nitrogens is 3. The van der Waals surface area contributed by atoms with Gasteiger partial charge in [-0.05, 0) is 31.4 Å². The number of nitrogens with zero attached hydrogens (tertiary/aromatic N) is 3. The van der Waals surface area contributed by atoms with Crippen molar-refractivity contribution in [2.75, 3.05) is 0 Å². The first kappa shape index (κ1) is 10.1. The highest BCUT2D eigenvalue weighted by Crippen LogP contribution is 2.23. The molecular weight excluding hydrogens is 186 g/mol. The van der Waals surface area contributed by atoms with Crippen molar-refractivity contribution < 1.29 is 0 Å². The molecule has 3 heteroatoms. The first-order chi connectivity index (χ1) is 7.09. The largest absolute Gasteiger partial charge is 0.267 e. The summed E-state index contributed by atoms with van der Waals surface area (Å²) >= 11 is 0. The third-order valence-corrected chi connectivity index (χ3v) is 2.60. The minimum Gasteiger partial charge on any atom is -0.267 e. The van der Waals surface area contributed by atoms with Gasteiger partial charge in [0.15, 0.2) is 0 Å². The maximum absolute atomic E-state index is 4.59. The SMILES string of the molecule is CC(C)c1ccnc2cn(C(C)C)nc12. The van der Waals surface area contributed by atoms with Gasteiger partial charge in [-0.25, -0.2) is 0 Å². The minimum absolute atomic E-state index is 0.388. The highest BCUT2D eigenvalue weighted by atomic mass is 15.3. The molecule has 2 aromatic heterocycles. The second-order valence-electron chi connectivity index (χ2n) is 4.49. The van der Waals surface area contributed by atoms with Crippen LogP contribution in [0.25, 0.3) is 11.0 Å². The topological polar surface area (TPSA) is 30.7 Å². The lowest BCUT2D eigenvalue weighted by Crippen LogP contribution is -2.00. The fourth-order valence-electron chi connectivity index (χ4n) is 1.69. The zero-order valence-corrected chi connectivity index (χ0v) is 9.73. The quantitative estimate of drug-likeness (QED) is 0.750. The lowest BCUT2D eigenvalue weighted by molar-refractivity contribution is 0.537. The summed E-state index contributed by atoms with van der Waals surface area (Å²) in [7, 11) is 0. The van der Waals surface area contributed by atoms with Crippen LogP contribution in [0.1, 0.15) is 45.2 Å². The van der Waals surface area contributed by atoms with E-state index in [2.05, 4.69) is 43.8 Å². The molecule has 0 radical (unpaired) electrons. The highest BCUT2D eigenvalue weighted by molar-refractivity contribution is 5.77. The van der Waals surface area contributed by atoms with E-state index in [-0.39, 0.29) is 0 Å². The Labute approximate surface area is 90.1 Å². The standard InChI is InChI=1S/C12H17N3/c1-8(2)10-5-6-13-11-7-15(9(3)4)14-12(10)11/h5-9H,1-4H3. The van der Waals surface area contributed by atoms with Gasteiger partial charge in [-0.15, -0.1) is 0 Å². The average molecular weight is 203 g/mol. The molecule has 80 valence electrons. The van der Waals surface area contributed by atoms with E-state index in [9.17, 15) is 0 Å². The van der Waals surface area contributed by atoms with Crippen molar-refractivity contribution in [2.24, 2.45) is 0 Å². The van der Waals surface area contributed by atoms with Gasteiger partial charge in [0, 0.05) is 12.2 Å². The van der Waals surface area contributed by atoms with Gasteiger partial charge in [0.05, 0.1) is 6.20 Å². The van der Waals surface area contributed by atoms with Crippen LogP contribution < -0.4 is 0 Å². The maximum Gasteiger partial charge on any atom is 0.114 e. The molecule has 15 heavy (non-hydrogen) atoms.